The van der Waals surface area contributed by atoms with Crippen LogP contribution >= 0.6 is 11.6 Å². The number of esters is 1. The predicted molar refractivity (Wildman–Crippen MR) is 136 cm³/mol. The van der Waals surface area contributed by atoms with Gasteiger partial charge in [0.15, 0.2) is 0 Å². The Bertz CT molecular complexity index is 1570. The van der Waals surface area contributed by atoms with E-state index in [1.165, 1.54) is 13.2 Å². The van der Waals surface area contributed by atoms with Gasteiger partial charge in [-0.05, 0) is 48.4 Å². The minimum Gasteiger partial charge on any atom is -0.464 e. The van der Waals surface area contributed by atoms with Crippen molar-refractivity contribution in [2.24, 2.45) is 0 Å². The maximum Gasteiger partial charge on any atom is 0.354 e. The van der Waals surface area contributed by atoms with Gasteiger partial charge < -0.3 is 19.9 Å². The number of likely N-dealkylation sites (tertiary alicyclic amines) is 1. The second-order valence-electron chi connectivity index (χ2n) is 9.33. The van der Waals surface area contributed by atoms with Crippen LogP contribution in [0, 0.1) is 11.6 Å². The average molecular weight is 522 g/mol. The highest BCUT2D eigenvalue weighted by molar-refractivity contribution is 6.31. The lowest BCUT2D eigenvalue weighted by Crippen LogP contribution is -2.47. The Balaban J connectivity index is 1.53. The van der Waals surface area contributed by atoms with Crippen LogP contribution in [0.25, 0.3) is 10.9 Å². The third kappa shape index (κ3) is 3.43. The van der Waals surface area contributed by atoms with E-state index in [2.05, 4.69) is 10.3 Å². The van der Waals surface area contributed by atoms with E-state index >= 15 is 0 Å². The Kier molecular flexibility index (Phi) is 5.45. The number of ether oxygens (including phenoxy) is 1. The zero-order valence-corrected chi connectivity index (χ0v) is 20.5. The van der Waals surface area contributed by atoms with Crippen LogP contribution in [0.1, 0.15) is 33.6 Å². The van der Waals surface area contributed by atoms with Crippen LogP contribution < -0.4 is 5.32 Å². The van der Waals surface area contributed by atoms with Crippen molar-refractivity contribution in [3.8, 4) is 0 Å². The summed E-state index contributed by atoms with van der Waals surface area (Å²) >= 11 is 6.38. The maximum absolute atomic E-state index is 14.4. The number of carbonyl (C=O) groups excluding carboxylic acids is 2. The SMILES string of the molecule is COC(=O)c1[nH]c2ccc(Cl)cc2c1C12CCN(C(=O)Cc3c(F)cccc3F)C1Nc1ccccc12. The fourth-order valence-corrected chi connectivity index (χ4v) is 6.13. The van der Waals surface area contributed by atoms with Gasteiger partial charge >= 0.3 is 5.97 Å². The second-order valence-corrected chi connectivity index (χ2v) is 9.77. The molecule has 3 aromatic carbocycles. The summed E-state index contributed by atoms with van der Waals surface area (Å²) in [6.07, 6.45) is -0.558. The lowest BCUT2D eigenvalue weighted by Gasteiger charge is -2.33. The minimum absolute atomic E-state index is 0.269. The monoisotopic (exact) mass is 521 g/mol. The molecule has 2 atom stereocenters. The van der Waals surface area contributed by atoms with E-state index in [0.717, 1.165) is 28.8 Å². The van der Waals surface area contributed by atoms with Gasteiger partial charge in [0.1, 0.15) is 23.5 Å². The van der Waals surface area contributed by atoms with Crippen molar-refractivity contribution < 1.29 is 23.1 Å². The molecule has 1 fully saturated rings. The Hall–Kier alpha value is -3.91. The zero-order chi connectivity index (χ0) is 25.9. The lowest BCUT2D eigenvalue weighted by molar-refractivity contribution is -0.131. The fraction of sp³-hybridized carbons (Fsp3) is 0.214. The summed E-state index contributed by atoms with van der Waals surface area (Å²) in [4.78, 5) is 31.4. The number of hydrogen-bond donors (Lipinski definition) is 2. The van der Waals surface area contributed by atoms with Gasteiger partial charge in [0.05, 0.1) is 18.9 Å². The average Bonchev–Trinajstić information content (AvgIpc) is 3.54. The Morgan fingerprint density at radius 2 is 1.86 bits per heavy atom. The molecule has 6 nitrogen and oxygen atoms in total. The molecule has 188 valence electrons. The first-order valence-corrected chi connectivity index (χ1v) is 12.2. The van der Waals surface area contributed by atoms with E-state index in [1.54, 1.807) is 23.1 Å². The van der Waals surface area contributed by atoms with Crippen molar-refractivity contribution in [3.63, 3.8) is 0 Å². The van der Waals surface area contributed by atoms with Gasteiger partial charge in [-0.25, -0.2) is 13.6 Å². The summed E-state index contributed by atoms with van der Waals surface area (Å²) in [7, 11) is 1.31. The molecule has 1 amide bonds. The highest BCUT2D eigenvalue weighted by Gasteiger charge is 2.58. The van der Waals surface area contributed by atoms with Crippen LogP contribution in [-0.4, -0.2) is 41.6 Å². The minimum atomic E-state index is -0.841. The normalized spacial score (nSPS) is 20.0. The number of halogens is 3. The molecule has 4 aromatic rings. The summed E-state index contributed by atoms with van der Waals surface area (Å²) in [6.45, 7) is 0.314. The highest BCUT2D eigenvalue weighted by atomic mass is 35.5. The van der Waals surface area contributed by atoms with Gasteiger partial charge in [0.2, 0.25) is 5.91 Å². The Morgan fingerprint density at radius 1 is 1.11 bits per heavy atom. The number of H-pyrrole nitrogens is 1. The molecule has 1 aromatic heterocycles. The number of benzene rings is 3. The summed E-state index contributed by atoms with van der Waals surface area (Å²) in [6, 6.07) is 16.5. The molecule has 0 radical (unpaired) electrons. The van der Waals surface area contributed by atoms with Crippen LogP contribution in [0.2, 0.25) is 5.02 Å². The van der Waals surface area contributed by atoms with Gasteiger partial charge in [-0.15, -0.1) is 0 Å². The van der Waals surface area contributed by atoms with Crippen molar-refractivity contribution in [1.82, 2.24) is 9.88 Å². The maximum atomic E-state index is 14.4. The zero-order valence-electron chi connectivity index (χ0n) is 19.8. The number of aromatic amines is 1. The Labute approximate surface area is 216 Å². The predicted octanol–water partition coefficient (Wildman–Crippen LogP) is 5.40. The number of hydrogen-bond acceptors (Lipinski definition) is 4. The molecule has 6 rings (SSSR count). The third-order valence-electron chi connectivity index (χ3n) is 7.53. The Morgan fingerprint density at radius 3 is 2.62 bits per heavy atom. The number of nitrogens with one attached hydrogen (secondary N) is 2. The van der Waals surface area contributed by atoms with E-state index < -0.39 is 41.5 Å². The molecule has 0 spiro atoms. The van der Waals surface area contributed by atoms with Gasteiger partial charge in [0.25, 0.3) is 0 Å². The van der Waals surface area contributed by atoms with Crippen LogP contribution in [0.5, 0.6) is 0 Å². The molecule has 0 bridgehead atoms. The number of anilines is 1. The molecular weight excluding hydrogens is 500 g/mol. The second kappa shape index (κ2) is 8.59. The van der Waals surface area contributed by atoms with Crippen molar-refractivity contribution in [3.05, 3.63) is 99.7 Å². The lowest BCUT2D eigenvalue weighted by atomic mass is 9.72. The molecule has 1 saturated heterocycles. The largest absolute Gasteiger partial charge is 0.464 e. The van der Waals surface area contributed by atoms with Crippen molar-refractivity contribution in [1.29, 1.82) is 0 Å². The number of methoxy groups -OCH3 is 1. The highest BCUT2D eigenvalue weighted by Crippen LogP contribution is 2.55. The first-order chi connectivity index (χ1) is 17.8. The number of aromatic nitrogens is 1. The molecule has 0 aliphatic carbocycles. The van der Waals surface area contributed by atoms with Crippen LogP contribution in [0.4, 0.5) is 14.5 Å². The van der Waals surface area contributed by atoms with Crippen LogP contribution in [-0.2, 0) is 21.4 Å². The summed E-state index contributed by atoms with van der Waals surface area (Å²) in [5.74, 6) is -2.49. The smallest absolute Gasteiger partial charge is 0.354 e. The number of amides is 1. The number of fused-ring (bicyclic) bond motifs is 4. The van der Waals surface area contributed by atoms with E-state index in [-0.39, 0.29) is 11.3 Å². The standard InChI is InChI=1S/C28H22ClF2N3O3/c1-37-26(36)25-24(17-13-15(29)9-10-21(17)32-25)28-11-12-34(27(28)33-22-8-3-2-5-18(22)28)23(35)14-16-19(30)6-4-7-20(16)31/h2-10,13,27,32-33H,11-12,14H2,1H3. The number of carbonyl (C=O) groups is 2. The fourth-order valence-electron chi connectivity index (χ4n) is 5.96. The van der Waals surface area contributed by atoms with Crippen LogP contribution in [0.3, 0.4) is 0 Å². The van der Waals surface area contributed by atoms with Crippen molar-refractivity contribution in [2.75, 3.05) is 19.0 Å². The molecule has 2 aliphatic heterocycles. The topological polar surface area (TPSA) is 74.4 Å². The molecule has 9 heteroatoms. The van der Waals surface area contributed by atoms with E-state index in [9.17, 15) is 18.4 Å². The van der Waals surface area contributed by atoms with Gasteiger partial charge in [-0.2, -0.15) is 0 Å². The summed E-state index contributed by atoms with van der Waals surface area (Å²) in [5.41, 5.74) is 2.27. The summed E-state index contributed by atoms with van der Waals surface area (Å²) < 4.78 is 33.9. The molecular formula is C28H22ClF2N3O3. The molecule has 37 heavy (non-hydrogen) atoms. The van der Waals surface area contributed by atoms with E-state index in [4.69, 9.17) is 16.3 Å². The van der Waals surface area contributed by atoms with Crippen molar-refractivity contribution >= 4 is 40.1 Å². The van der Waals surface area contributed by atoms with Crippen molar-refractivity contribution in [2.45, 2.75) is 24.4 Å². The molecule has 0 saturated carbocycles. The molecule has 2 N–H and O–H groups in total. The summed E-state index contributed by atoms with van der Waals surface area (Å²) in [5, 5.41) is 4.69. The van der Waals surface area contributed by atoms with Crippen LogP contribution in [0.15, 0.2) is 60.7 Å². The molecule has 2 unspecified atom stereocenters. The van der Waals surface area contributed by atoms with Gasteiger partial charge in [0, 0.05) is 39.3 Å². The molecule has 2 aliphatic rings. The van der Waals surface area contributed by atoms with Gasteiger partial charge in [-0.1, -0.05) is 35.9 Å². The molecule has 3 heterocycles. The van der Waals surface area contributed by atoms with E-state index in [0.29, 0.717) is 29.1 Å². The first-order valence-electron chi connectivity index (χ1n) is 11.8. The first kappa shape index (κ1) is 23.5. The van der Waals surface area contributed by atoms with Gasteiger partial charge in [-0.3, -0.25) is 4.79 Å². The third-order valence-corrected chi connectivity index (χ3v) is 7.77. The van der Waals surface area contributed by atoms with E-state index in [1.807, 2.05) is 24.3 Å². The quantitative estimate of drug-likeness (QED) is 0.353. The number of para-hydroxylation sites is 1. The number of rotatable bonds is 4. The number of nitrogens with zero attached hydrogens (tertiary/aromatic N) is 1.